The van der Waals surface area contributed by atoms with Gasteiger partial charge in [-0.05, 0) is 25.1 Å². The number of nitrogen functional groups attached to an aromatic ring is 1. The molecule has 0 radical (unpaired) electrons. The van der Waals surface area contributed by atoms with E-state index in [-0.39, 0.29) is 0 Å². The highest BCUT2D eigenvalue weighted by Crippen LogP contribution is 2.16. The second-order valence-electron chi connectivity index (χ2n) is 2.78. The number of rotatable bonds is 1. The van der Waals surface area contributed by atoms with Gasteiger partial charge in [0, 0.05) is 17.6 Å². The van der Waals surface area contributed by atoms with Gasteiger partial charge < -0.3 is 5.73 Å². The van der Waals surface area contributed by atoms with Crippen LogP contribution in [-0.2, 0) is 6.54 Å². The Morgan fingerprint density at radius 1 is 1.50 bits per heavy atom. The van der Waals surface area contributed by atoms with Crippen molar-refractivity contribution < 1.29 is 0 Å². The van der Waals surface area contributed by atoms with E-state index in [1.54, 1.807) is 0 Å². The molecule has 3 nitrogen and oxygen atoms in total. The molecule has 0 fully saturated rings. The van der Waals surface area contributed by atoms with Gasteiger partial charge in [0.15, 0.2) is 0 Å². The van der Waals surface area contributed by atoms with E-state index >= 15 is 0 Å². The fourth-order valence-corrected chi connectivity index (χ4v) is 1.34. The summed E-state index contributed by atoms with van der Waals surface area (Å²) in [5.74, 6) is 0. The zero-order chi connectivity index (χ0) is 8.55. The quantitative estimate of drug-likeness (QED) is 0.646. The third-order valence-electron chi connectivity index (χ3n) is 1.97. The number of hydrogen-bond acceptors (Lipinski definition) is 2. The molecule has 0 bridgehead atoms. The Morgan fingerprint density at radius 2 is 2.33 bits per heavy atom. The van der Waals surface area contributed by atoms with Crippen molar-refractivity contribution in [3.8, 4) is 0 Å². The van der Waals surface area contributed by atoms with E-state index in [0.29, 0.717) is 0 Å². The average molecular weight is 161 g/mol. The van der Waals surface area contributed by atoms with Crippen molar-refractivity contribution >= 4 is 16.6 Å². The molecule has 0 aliphatic rings. The Hall–Kier alpha value is -1.51. The van der Waals surface area contributed by atoms with Crippen LogP contribution in [0, 0.1) is 0 Å². The largest absolute Gasteiger partial charge is 0.399 e. The van der Waals surface area contributed by atoms with Gasteiger partial charge in [0.1, 0.15) is 0 Å². The minimum Gasteiger partial charge on any atom is -0.399 e. The first kappa shape index (κ1) is 7.16. The maximum absolute atomic E-state index is 5.67. The lowest BCUT2D eigenvalue weighted by atomic mass is 10.2. The van der Waals surface area contributed by atoms with Crippen molar-refractivity contribution in [2.75, 3.05) is 5.73 Å². The summed E-state index contributed by atoms with van der Waals surface area (Å²) in [7, 11) is 0. The van der Waals surface area contributed by atoms with E-state index in [9.17, 15) is 0 Å². The standard InChI is InChI=1S/C9H11N3/c1-2-12-9-5-8(10)4-3-7(9)6-11-12/h3-6H,2,10H2,1H3. The number of fused-ring (bicyclic) bond motifs is 1. The van der Waals surface area contributed by atoms with Gasteiger partial charge >= 0.3 is 0 Å². The molecule has 12 heavy (non-hydrogen) atoms. The SMILES string of the molecule is CCn1ncc2ccc(N)cc21. The molecular formula is C9H11N3. The maximum atomic E-state index is 5.67. The van der Waals surface area contributed by atoms with Crippen molar-refractivity contribution in [3.05, 3.63) is 24.4 Å². The number of aromatic nitrogens is 2. The van der Waals surface area contributed by atoms with Crippen LogP contribution < -0.4 is 5.73 Å². The summed E-state index contributed by atoms with van der Waals surface area (Å²) in [6, 6.07) is 5.83. The minimum atomic E-state index is 0.790. The molecule has 2 aromatic rings. The lowest BCUT2D eigenvalue weighted by molar-refractivity contribution is 0.684. The molecule has 0 aliphatic heterocycles. The number of anilines is 1. The Morgan fingerprint density at radius 3 is 3.08 bits per heavy atom. The monoisotopic (exact) mass is 161 g/mol. The van der Waals surface area contributed by atoms with Crippen molar-refractivity contribution in [1.29, 1.82) is 0 Å². The van der Waals surface area contributed by atoms with Gasteiger partial charge in [-0.1, -0.05) is 0 Å². The highest BCUT2D eigenvalue weighted by molar-refractivity contribution is 5.81. The van der Waals surface area contributed by atoms with E-state index in [0.717, 1.165) is 23.1 Å². The second-order valence-corrected chi connectivity index (χ2v) is 2.78. The Bertz CT molecular complexity index is 403. The van der Waals surface area contributed by atoms with Crippen LogP contribution in [0.15, 0.2) is 24.4 Å². The van der Waals surface area contributed by atoms with Crippen molar-refractivity contribution in [3.63, 3.8) is 0 Å². The van der Waals surface area contributed by atoms with Gasteiger partial charge in [0.2, 0.25) is 0 Å². The number of benzene rings is 1. The van der Waals surface area contributed by atoms with Crippen molar-refractivity contribution in [2.45, 2.75) is 13.5 Å². The summed E-state index contributed by atoms with van der Waals surface area (Å²) in [5, 5.41) is 5.36. The second kappa shape index (κ2) is 2.52. The molecule has 0 unspecified atom stereocenters. The molecule has 0 spiro atoms. The zero-order valence-electron chi connectivity index (χ0n) is 6.99. The summed E-state index contributed by atoms with van der Waals surface area (Å²) >= 11 is 0. The molecule has 2 rings (SSSR count). The van der Waals surface area contributed by atoms with Gasteiger partial charge in [-0.2, -0.15) is 5.10 Å². The van der Waals surface area contributed by atoms with Crippen LogP contribution in [-0.4, -0.2) is 9.78 Å². The van der Waals surface area contributed by atoms with Crippen LogP contribution in [0.25, 0.3) is 10.9 Å². The molecule has 3 heteroatoms. The first-order chi connectivity index (χ1) is 5.81. The molecule has 0 saturated heterocycles. The molecule has 2 N–H and O–H groups in total. The number of nitrogens with two attached hydrogens (primary N) is 1. The average Bonchev–Trinajstić information content (AvgIpc) is 2.46. The summed E-state index contributed by atoms with van der Waals surface area (Å²) in [5.41, 5.74) is 7.56. The molecule has 0 amide bonds. The molecule has 0 aliphatic carbocycles. The molecule has 0 saturated carbocycles. The predicted molar refractivity (Wildman–Crippen MR) is 49.8 cm³/mol. The van der Waals surface area contributed by atoms with Crippen molar-refractivity contribution in [2.24, 2.45) is 0 Å². The van der Waals surface area contributed by atoms with Crippen LogP contribution >= 0.6 is 0 Å². The Labute approximate surface area is 70.8 Å². The van der Waals surface area contributed by atoms with Crippen LogP contribution in [0.5, 0.6) is 0 Å². The Balaban J connectivity index is 2.75. The fourth-order valence-electron chi connectivity index (χ4n) is 1.34. The van der Waals surface area contributed by atoms with Crippen molar-refractivity contribution in [1.82, 2.24) is 9.78 Å². The number of aryl methyl sites for hydroxylation is 1. The van der Waals surface area contributed by atoms with Gasteiger partial charge in [-0.25, -0.2) is 0 Å². The summed E-state index contributed by atoms with van der Waals surface area (Å²) in [6.45, 7) is 2.95. The van der Waals surface area contributed by atoms with E-state index in [1.165, 1.54) is 0 Å². The van der Waals surface area contributed by atoms with Gasteiger partial charge in [-0.3, -0.25) is 4.68 Å². The molecule has 1 aromatic heterocycles. The highest BCUT2D eigenvalue weighted by Gasteiger charge is 1.99. The fraction of sp³-hybridized carbons (Fsp3) is 0.222. The molecular weight excluding hydrogens is 150 g/mol. The molecule has 62 valence electrons. The molecule has 1 aromatic carbocycles. The summed E-state index contributed by atoms with van der Waals surface area (Å²) in [6.07, 6.45) is 1.86. The first-order valence-corrected chi connectivity index (χ1v) is 4.02. The third-order valence-corrected chi connectivity index (χ3v) is 1.97. The topological polar surface area (TPSA) is 43.8 Å². The third kappa shape index (κ3) is 0.942. The summed E-state index contributed by atoms with van der Waals surface area (Å²) in [4.78, 5) is 0. The van der Waals surface area contributed by atoms with Crippen LogP contribution in [0.2, 0.25) is 0 Å². The van der Waals surface area contributed by atoms with E-state index in [2.05, 4.69) is 12.0 Å². The van der Waals surface area contributed by atoms with Crippen LogP contribution in [0.1, 0.15) is 6.92 Å². The van der Waals surface area contributed by atoms with Gasteiger partial charge in [0.25, 0.3) is 0 Å². The number of hydrogen-bond donors (Lipinski definition) is 1. The maximum Gasteiger partial charge on any atom is 0.0702 e. The predicted octanol–water partition coefficient (Wildman–Crippen LogP) is 1.64. The lowest BCUT2D eigenvalue weighted by Gasteiger charge is -1.98. The Kier molecular flexibility index (Phi) is 1.50. The molecule has 1 heterocycles. The van der Waals surface area contributed by atoms with Gasteiger partial charge in [-0.15, -0.1) is 0 Å². The zero-order valence-corrected chi connectivity index (χ0v) is 6.99. The lowest BCUT2D eigenvalue weighted by Crippen LogP contribution is -1.95. The minimum absolute atomic E-state index is 0.790. The first-order valence-electron chi connectivity index (χ1n) is 4.02. The van der Waals surface area contributed by atoms with E-state index in [4.69, 9.17) is 5.73 Å². The summed E-state index contributed by atoms with van der Waals surface area (Å²) < 4.78 is 1.94. The molecule has 0 atom stereocenters. The van der Waals surface area contributed by atoms with Gasteiger partial charge in [0.05, 0.1) is 11.7 Å². The highest BCUT2D eigenvalue weighted by atomic mass is 15.3. The van der Waals surface area contributed by atoms with E-state index in [1.807, 2.05) is 29.1 Å². The van der Waals surface area contributed by atoms with Crippen LogP contribution in [0.4, 0.5) is 5.69 Å². The smallest absolute Gasteiger partial charge is 0.0702 e. The normalized spacial score (nSPS) is 10.8. The van der Waals surface area contributed by atoms with Crippen LogP contribution in [0.3, 0.4) is 0 Å². The van der Waals surface area contributed by atoms with E-state index < -0.39 is 0 Å². The number of nitrogens with zero attached hydrogens (tertiary/aromatic N) is 2.